The number of rotatable bonds is 5. The summed E-state index contributed by atoms with van der Waals surface area (Å²) in [5.41, 5.74) is 5.06. The summed E-state index contributed by atoms with van der Waals surface area (Å²) in [7, 11) is 1.87. The molecular weight excluding hydrogens is 326 g/mol. The van der Waals surface area contributed by atoms with Gasteiger partial charge in [-0.15, -0.1) is 0 Å². The van der Waals surface area contributed by atoms with Crippen LogP contribution in [-0.4, -0.2) is 24.5 Å². The van der Waals surface area contributed by atoms with E-state index in [-0.39, 0.29) is 5.56 Å². The second-order valence-electron chi connectivity index (χ2n) is 6.35. The molecule has 4 rings (SSSR count). The van der Waals surface area contributed by atoms with Gasteiger partial charge in [-0.25, -0.2) is 0 Å². The molecule has 0 aliphatic carbocycles. The Labute approximate surface area is 150 Å². The number of aromatic nitrogens is 5. The van der Waals surface area contributed by atoms with Crippen LogP contribution in [-0.2, 0) is 20.0 Å². The Balaban J connectivity index is 1.59. The minimum absolute atomic E-state index is 0.118. The Morgan fingerprint density at radius 3 is 2.65 bits per heavy atom. The molecule has 0 fully saturated rings. The summed E-state index contributed by atoms with van der Waals surface area (Å²) in [4.78, 5) is 14.6. The Morgan fingerprint density at radius 1 is 1.04 bits per heavy atom. The van der Waals surface area contributed by atoms with E-state index in [1.54, 1.807) is 23.1 Å². The average Bonchev–Trinajstić information content (AvgIpc) is 3.26. The number of nitrogens with zero attached hydrogens (tertiary/aromatic N) is 4. The third-order valence-electron chi connectivity index (χ3n) is 4.29. The molecule has 0 aliphatic heterocycles. The molecule has 0 saturated carbocycles. The second-order valence-corrected chi connectivity index (χ2v) is 6.35. The van der Waals surface area contributed by atoms with Crippen molar-refractivity contribution in [1.82, 2.24) is 24.5 Å². The van der Waals surface area contributed by atoms with E-state index < -0.39 is 0 Å². The summed E-state index contributed by atoms with van der Waals surface area (Å²) in [6, 6.07) is 11.9. The van der Waals surface area contributed by atoms with Crippen molar-refractivity contribution in [2.45, 2.75) is 13.0 Å². The van der Waals surface area contributed by atoms with E-state index in [1.165, 1.54) is 5.56 Å². The van der Waals surface area contributed by atoms with E-state index in [0.717, 1.165) is 28.8 Å². The van der Waals surface area contributed by atoms with E-state index in [9.17, 15) is 4.79 Å². The van der Waals surface area contributed by atoms with Gasteiger partial charge in [0.25, 0.3) is 0 Å². The molecule has 1 aromatic carbocycles. The Bertz CT molecular complexity index is 1070. The zero-order valence-electron chi connectivity index (χ0n) is 14.5. The van der Waals surface area contributed by atoms with Crippen molar-refractivity contribution >= 4 is 0 Å². The zero-order valence-corrected chi connectivity index (χ0v) is 14.5. The second kappa shape index (κ2) is 6.84. The third kappa shape index (κ3) is 3.49. The maximum atomic E-state index is 11.8. The first-order valence-electron chi connectivity index (χ1n) is 8.43. The molecule has 4 aromatic rings. The SMILES string of the molecule is Cn1cc(-c2cc(=O)[nH]cc2Cc2cnn(Cc3ccccc3)c2)cn1. The molecular formula is C20H19N5O. The Morgan fingerprint density at radius 2 is 1.88 bits per heavy atom. The van der Waals surface area contributed by atoms with Crippen molar-refractivity contribution < 1.29 is 0 Å². The highest BCUT2D eigenvalue weighted by Gasteiger charge is 2.10. The number of nitrogens with one attached hydrogen (secondary N) is 1. The van der Waals surface area contributed by atoms with E-state index in [0.29, 0.717) is 6.42 Å². The fourth-order valence-electron chi connectivity index (χ4n) is 3.05. The number of pyridine rings is 1. The summed E-state index contributed by atoms with van der Waals surface area (Å²) < 4.78 is 3.66. The first-order chi connectivity index (χ1) is 12.7. The standard InChI is InChI=1S/C20H19N5O/c1-24-14-18(11-22-24)19-8-20(26)21-10-17(19)7-16-9-23-25(13-16)12-15-5-3-2-4-6-15/h2-6,8-11,13-14H,7,12H2,1H3,(H,21,26). The summed E-state index contributed by atoms with van der Waals surface area (Å²) in [6.07, 6.45) is 10.1. The van der Waals surface area contributed by atoms with Gasteiger partial charge >= 0.3 is 0 Å². The molecule has 3 aromatic heterocycles. The smallest absolute Gasteiger partial charge is 0.248 e. The molecule has 0 atom stereocenters. The lowest BCUT2D eigenvalue weighted by Crippen LogP contribution is -2.06. The van der Waals surface area contributed by atoms with Crippen LogP contribution in [0.5, 0.6) is 0 Å². The first kappa shape index (κ1) is 16.1. The Kier molecular flexibility index (Phi) is 4.23. The molecule has 0 aliphatic rings. The van der Waals surface area contributed by atoms with E-state index in [2.05, 4.69) is 27.3 Å². The highest BCUT2D eigenvalue weighted by molar-refractivity contribution is 5.65. The molecule has 0 saturated heterocycles. The van der Waals surface area contributed by atoms with Gasteiger partial charge in [0.1, 0.15) is 0 Å². The fraction of sp³-hybridized carbons (Fsp3) is 0.150. The molecule has 0 amide bonds. The van der Waals surface area contributed by atoms with Gasteiger partial charge in [0.05, 0.1) is 18.9 Å². The average molecular weight is 345 g/mol. The molecule has 130 valence electrons. The van der Waals surface area contributed by atoms with Crippen molar-refractivity contribution in [3.05, 3.63) is 94.4 Å². The van der Waals surface area contributed by atoms with Gasteiger partial charge in [-0.1, -0.05) is 30.3 Å². The number of benzene rings is 1. The molecule has 3 heterocycles. The van der Waals surface area contributed by atoms with Crippen LogP contribution in [0.3, 0.4) is 0 Å². The lowest BCUT2D eigenvalue weighted by molar-refractivity contribution is 0.686. The van der Waals surface area contributed by atoms with Crippen molar-refractivity contribution in [3.8, 4) is 11.1 Å². The van der Waals surface area contributed by atoms with Gasteiger partial charge in [-0.3, -0.25) is 14.2 Å². The van der Waals surface area contributed by atoms with Gasteiger partial charge in [0.2, 0.25) is 5.56 Å². The largest absolute Gasteiger partial charge is 0.329 e. The van der Waals surface area contributed by atoms with Crippen molar-refractivity contribution in [2.75, 3.05) is 0 Å². The van der Waals surface area contributed by atoms with Gasteiger partial charge in [0, 0.05) is 43.7 Å². The maximum Gasteiger partial charge on any atom is 0.248 e. The van der Waals surface area contributed by atoms with Crippen LogP contribution < -0.4 is 5.56 Å². The van der Waals surface area contributed by atoms with E-state index in [1.807, 2.05) is 48.5 Å². The number of H-pyrrole nitrogens is 1. The van der Waals surface area contributed by atoms with E-state index in [4.69, 9.17) is 0 Å². The lowest BCUT2D eigenvalue weighted by Gasteiger charge is -2.06. The van der Waals surface area contributed by atoms with Crippen LogP contribution in [0.4, 0.5) is 0 Å². The third-order valence-corrected chi connectivity index (χ3v) is 4.29. The van der Waals surface area contributed by atoms with Crippen molar-refractivity contribution in [2.24, 2.45) is 7.05 Å². The van der Waals surface area contributed by atoms with Crippen LogP contribution in [0.25, 0.3) is 11.1 Å². The highest BCUT2D eigenvalue weighted by atomic mass is 16.1. The van der Waals surface area contributed by atoms with Crippen molar-refractivity contribution in [1.29, 1.82) is 0 Å². The van der Waals surface area contributed by atoms with Crippen LogP contribution in [0, 0.1) is 0 Å². The van der Waals surface area contributed by atoms with Crippen molar-refractivity contribution in [3.63, 3.8) is 0 Å². The quantitative estimate of drug-likeness (QED) is 0.604. The highest BCUT2D eigenvalue weighted by Crippen LogP contribution is 2.23. The fourth-order valence-corrected chi connectivity index (χ4v) is 3.05. The molecule has 26 heavy (non-hydrogen) atoms. The maximum absolute atomic E-state index is 11.8. The van der Waals surface area contributed by atoms with Crippen LogP contribution in [0.2, 0.25) is 0 Å². The van der Waals surface area contributed by atoms with Crippen LogP contribution in [0.15, 0.2) is 72.2 Å². The number of aromatic amines is 1. The van der Waals surface area contributed by atoms with Crippen LogP contribution in [0.1, 0.15) is 16.7 Å². The zero-order chi connectivity index (χ0) is 17.9. The van der Waals surface area contributed by atoms with Gasteiger partial charge in [0.15, 0.2) is 0 Å². The topological polar surface area (TPSA) is 68.5 Å². The predicted molar refractivity (Wildman–Crippen MR) is 99.8 cm³/mol. The molecule has 0 bridgehead atoms. The molecule has 6 heteroatoms. The monoisotopic (exact) mass is 345 g/mol. The lowest BCUT2D eigenvalue weighted by atomic mass is 10.0. The molecule has 0 unspecified atom stereocenters. The predicted octanol–water partition coefficient (Wildman–Crippen LogP) is 2.61. The molecule has 1 N–H and O–H groups in total. The number of hydrogen-bond acceptors (Lipinski definition) is 3. The van der Waals surface area contributed by atoms with E-state index >= 15 is 0 Å². The first-order valence-corrected chi connectivity index (χ1v) is 8.43. The molecule has 0 spiro atoms. The normalized spacial score (nSPS) is 11.0. The van der Waals surface area contributed by atoms with Gasteiger partial charge in [-0.2, -0.15) is 10.2 Å². The minimum Gasteiger partial charge on any atom is -0.329 e. The summed E-state index contributed by atoms with van der Waals surface area (Å²) in [6.45, 7) is 0.738. The van der Waals surface area contributed by atoms with Gasteiger partial charge in [-0.05, 0) is 22.3 Å². The number of aryl methyl sites for hydroxylation is 1. The molecule has 6 nitrogen and oxygen atoms in total. The Hall–Kier alpha value is -3.41. The summed E-state index contributed by atoms with van der Waals surface area (Å²) in [5.74, 6) is 0. The summed E-state index contributed by atoms with van der Waals surface area (Å²) in [5, 5.41) is 8.67. The minimum atomic E-state index is -0.118. The number of hydrogen-bond donors (Lipinski definition) is 1. The summed E-state index contributed by atoms with van der Waals surface area (Å²) >= 11 is 0. The van der Waals surface area contributed by atoms with Crippen LogP contribution >= 0.6 is 0 Å². The molecule has 0 radical (unpaired) electrons. The van der Waals surface area contributed by atoms with Gasteiger partial charge < -0.3 is 4.98 Å².